The van der Waals surface area contributed by atoms with Crippen LogP contribution in [-0.2, 0) is 6.54 Å². The van der Waals surface area contributed by atoms with Crippen LogP contribution < -0.4 is 17.7 Å². The van der Waals surface area contributed by atoms with E-state index in [0.29, 0.717) is 0 Å². The zero-order valence-electron chi connectivity index (χ0n) is 7.84. The second kappa shape index (κ2) is 8.24. The summed E-state index contributed by atoms with van der Waals surface area (Å²) >= 11 is 3.42. The van der Waals surface area contributed by atoms with Crippen LogP contribution in [0.15, 0.2) is 28.7 Å². The van der Waals surface area contributed by atoms with Crippen molar-refractivity contribution in [3.05, 3.63) is 34.3 Å². The SMILES string of the molecule is OCCCNCc1cccc(Br)c1.[Cl-]. The van der Waals surface area contributed by atoms with Gasteiger partial charge >= 0.3 is 0 Å². The van der Waals surface area contributed by atoms with Crippen molar-refractivity contribution in [3.63, 3.8) is 0 Å². The van der Waals surface area contributed by atoms with E-state index in [9.17, 15) is 0 Å². The Bertz CT molecular complexity index is 258. The molecule has 1 aromatic carbocycles. The van der Waals surface area contributed by atoms with Crippen molar-refractivity contribution in [2.75, 3.05) is 13.2 Å². The minimum Gasteiger partial charge on any atom is -1.00 e. The molecule has 1 aromatic rings. The first-order valence-corrected chi connectivity index (χ1v) is 5.18. The zero-order valence-corrected chi connectivity index (χ0v) is 10.2. The van der Waals surface area contributed by atoms with Crippen molar-refractivity contribution in [2.45, 2.75) is 13.0 Å². The van der Waals surface area contributed by atoms with E-state index in [4.69, 9.17) is 5.11 Å². The highest BCUT2D eigenvalue weighted by Crippen LogP contribution is 2.11. The van der Waals surface area contributed by atoms with E-state index < -0.39 is 0 Å². The van der Waals surface area contributed by atoms with Gasteiger partial charge in [0, 0.05) is 17.6 Å². The molecule has 4 heteroatoms. The van der Waals surface area contributed by atoms with Gasteiger partial charge in [0.15, 0.2) is 0 Å². The maximum Gasteiger partial charge on any atom is 0.0443 e. The smallest absolute Gasteiger partial charge is 0.0443 e. The number of nitrogens with one attached hydrogen (secondary N) is 1. The third-order valence-electron chi connectivity index (χ3n) is 1.73. The first-order chi connectivity index (χ1) is 6.33. The monoisotopic (exact) mass is 278 g/mol. The largest absolute Gasteiger partial charge is 1.00 e. The van der Waals surface area contributed by atoms with Gasteiger partial charge in [0.1, 0.15) is 0 Å². The number of benzene rings is 1. The molecule has 0 spiro atoms. The highest BCUT2D eigenvalue weighted by molar-refractivity contribution is 9.10. The van der Waals surface area contributed by atoms with Crippen LogP contribution in [0.2, 0.25) is 0 Å². The van der Waals surface area contributed by atoms with Crippen molar-refractivity contribution in [1.29, 1.82) is 0 Å². The van der Waals surface area contributed by atoms with Gasteiger partial charge in [-0.2, -0.15) is 0 Å². The summed E-state index contributed by atoms with van der Waals surface area (Å²) in [5.41, 5.74) is 1.26. The molecule has 0 heterocycles. The molecule has 0 unspecified atom stereocenters. The number of rotatable bonds is 5. The average Bonchev–Trinajstić information content (AvgIpc) is 2.13. The lowest BCUT2D eigenvalue weighted by atomic mass is 10.2. The molecule has 1 rings (SSSR count). The topological polar surface area (TPSA) is 32.3 Å². The summed E-state index contributed by atoms with van der Waals surface area (Å²) in [5.74, 6) is 0. The first-order valence-electron chi connectivity index (χ1n) is 4.39. The molecule has 2 nitrogen and oxygen atoms in total. The Labute approximate surface area is 99.3 Å². The van der Waals surface area contributed by atoms with Gasteiger partial charge in [-0.15, -0.1) is 0 Å². The predicted octanol–water partition coefficient (Wildman–Crippen LogP) is -1.07. The van der Waals surface area contributed by atoms with Crippen LogP contribution in [0.3, 0.4) is 0 Å². The first kappa shape index (κ1) is 13.9. The molecule has 0 atom stereocenters. The molecule has 80 valence electrons. The molecule has 14 heavy (non-hydrogen) atoms. The van der Waals surface area contributed by atoms with Crippen LogP contribution in [-0.4, -0.2) is 18.3 Å². The van der Waals surface area contributed by atoms with Crippen LogP contribution in [0, 0.1) is 0 Å². The molecule has 0 amide bonds. The van der Waals surface area contributed by atoms with Crippen molar-refractivity contribution in [2.24, 2.45) is 0 Å². The Balaban J connectivity index is 0.00000169. The zero-order chi connectivity index (χ0) is 9.52. The van der Waals surface area contributed by atoms with Gasteiger partial charge in [-0.3, -0.25) is 0 Å². The summed E-state index contributed by atoms with van der Waals surface area (Å²) < 4.78 is 1.11. The molecule has 0 fully saturated rings. The van der Waals surface area contributed by atoms with E-state index in [2.05, 4.69) is 33.4 Å². The molecule has 0 bridgehead atoms. The van der Waals surface area contributed by atoms with Gasteiger partial charge in [0.25, 0.3) is 0 Å². The normalized spacial score (nSPS) is 9.57. The van der Waals surface area contributed by atoms with Crippen LogP contribution in [0.1, 0.15) is 12.0 Å². The van der Waals surface area contributed by atoms with Crippen molar-refractivity contribution in [3.8, 4) is 0 Å². The molecule has 0 aliphatic heterocycles. The third-order valence-corrected chi connectivity index (χ3v) is 2.22. The van der Waals surface area contributed by atoms with E-state index in [1.54, 1.807) is 0 Å². The lowest BCUT2D eigenvalue weighted by Gasteiger charge is -2.03. The summed E-state index contributed by atoms with van der Waals surface area (Å²) in [7, 11) is 0. The highest BCUT2D eigenvalue weighted by atomic mass is 79.9. The Kier molecular flexibility index (Phi) is 8.18. The van der Waals surface area contributed by atoms with Crippen LogP contribution in [0.5, 0.6) is 0 Å². The number of aliphatic hydroxyl groups is 1. The number of aliphatic hydroxyl groups excluding tert-OH is 1. The molecule has 0 aromatic heterocycles. The quantitative estimate of drug-likeness (QED) is 0.673. The molecule has 0 aliphatic rings. The summed E-state index contributed by atoms with van der Waals surface area (Å²) in [6, 6.07) is 8.20. The molecule has 0 saturated heterocycles. The van der Waals surface area contributed by atoms with Gasteiger partial charge in [0.2, 0.25) is 0 Å². The van der Waals surface area contributed by atoms with Crippen molar-refractivity contribution >= 4 is 15.9 Å². The maximum absolute atomic E-state index is 8.56. The highest BCUT2D eigenvalue weighted by Gasteiger charge is 1.92. The van der Waals surface area contributed by atoms with Gasteiger partial charge in [-0.05, 0) is 30.7 Å². The number of halogens is 2. The lowest BCUT2D eigenvalue weighted by Crippen LogP contribution is -3.00. The Morgan fingerprint density at radius 2 is 2.14 bits per heavy atom. The summed E-state index contributed by atoms with van der Waals surface area (Å²) in [6.07, 6.45) is 0.813. The second-order valence-electron chi connectivity index (χ2n) is 2.88. The Morgan fingerprint density at radius 1 is 1.36 bits per heavy atom. The second-order valence-corrected chi connectivity index (χ2v) is 3.80. The lowest BCUT2D eigenvalue weighted by molar-refractivity contribution is -0.00000374. The van der Waals surface area contributed by atoms with Gasteiger partial charge in [-0.1, -0.05) is 28.1 Å². The fraction of sp³-hybridized carbons (Fsp3) is 0.400. The standard InChI is InChI=1S/C10H14BrNO.ClH/c11-10-4-1-3-9(7-10)8-12-5-2-6-13;/h1,3-4,7,12-13H,2,5-6,8H2;1H/p-1. The van der Waals surface area contributed by atoms with E-state index >= 15 is 0 Å². The van der Waals surface area contributed by atoms with Crippen molar-refractivity contribution < 1.29 is 17.5 Å². The third kappa shape index (κ3) is 5.60. The maximum atomic E-state index is 8.56. The Hall–Kier alpha value is -0.0900. The molecular weight excluding hydrogens is 265 g/mol. The van der Waals surface area contributed by atoms with Crippen LogP contribution >= 0.6 is 15.9 Å². The minimum absolute atomic E-state index is 0. The fourth-order valence-electron chi connectivity index (χ4n) is 1.08. The summed E-state index contributed by atoms with van der Waals surface area (Å²) in [4.78, 5) is 0. The van der Waals surface area contributed by atoms with Crippen molar-refractivity contribution in [1.82, 2.24) is 5.32 Å². The predicted molar refractivity (Wildman–Crippen MR) is 57.6 cm³/mol. The van der Waals surface area contributed by atoms with Crippen LogP contribution in [0.25, 0.3) is 0 Å². The molecule has 0 aliphatic carbocycles. The Morgan fingerprint density at radius 3 is 2.79 bits per heavy atom. The van der Waals surface area contributed by atoms with Crippen LogP contribution in [0.4, 0.5) is 0 Å². The van der Waals surface area contributed by atoms with Gasteiger partial charge in [0.05, 0.1) is 0 Å². The molecule has 0 radical (unpaired) electrons. The molecule has 2 N–H and O–H groups in total. The van der Waals surface area contributed by atoms with E-state index in [0.717, 1.165) is 24.0 Å². The minimum atomic E-state index is 0. The number of hydrogen-bond donors (Lipinski definition) is 2. The fourth-order valence-corrected chi connectivity index (χ4v) is 1.53. The van der Waals surface area contributed by atoms with E-state index in [-0.39, 0.29) is 19.0 Å². The van der Waals surface area contributed by atoms with Gasteiger partial charge < -0.3 is 22.8 Å². The van der Waals surface area contributed by atoms with E-state index in [1.165, 1.54) is 5.56 Å². The summed E-state index contributed by atoms with van der Waals surface area (Å²) in [5, 5.41) is 11.8. The average molecular weight is 280 g/mol. The summed E-state index contributed by atoms with van der Waals surface area (Å²) in [6.45, 7) is 1.98. The number of hydrogen-bond acceptors (Lipinski definition) is 2. The molecular formula is C10H14BrClNO-. The van der Waals surface area contributed by atoms with E-state index in [1.807, 2.05) is 12.1 Å². The molecule has 0 saturated carbocycles. The van der Waals surface area contributed by atoms with Gasteiger partial charge in [-0.25, -0.2) is 0 Å².